The van der Waals surface area contributed by atoms with Crippen LogP contribution >= 0.6 is 11.3 Å². The molecule has 0 radical (unpaired) electrons. The Hall–Kier alpha value is -3.79. The van der Waals surface area contributed by atoms with Crippen molar-refractivity contribution < 1.29 is 9.90 Å². The summed E-state index contributed by atoms with van der Waals surface area (Å²) in [7, 11) is 0. The highest BCUT2D eigenvalue weighted by Crippen LogP contribution is 2.41. The summed E-state index contributed by atoms with van der Waals surface area (Å²) in [5.41, 5.74) is 12.1. The number of aromatic amines is 1. The average molecular weight is 527 g/mol. The number of fused-ring (bicyclic) bond motifs is 2. The number of nitrogens with zero attached hydrogens (tertiary/aromatic N) is 3. The first-order chi connectivity index (χ1) is 18.6. The number of nitrogens with one attached hydrogen (secondary N) is 2. The molecule has 0 saturated carbocycles. The van der Waals surface area contributed by atoms with Gasteiger partial charge >= 0.3 is 0 Å². The van der Waals surface area contributed by atoms with Crippen LogP contribution in [-0.4, -0.2) is 62.6 Å². The summed E-state index contributed by atoms with van der Waals surface area (Å²) in [4.78, 5) is 28.5. The van der Waals surface area contributed by atoms with Crippen LogP contribution in [-0.2, 0) is 0 Å². The minimum absolute atomic E-state index is 0.0163. The average Bonchev–Trinajstić information content (AvgIpc) is 3.55. The molecular formula is C29H30N6O2S. The number of likely N-dealkylation sites (tertiary alicyclic amines) is 1. The number of rotatable bonds is 8. The van der Waals surface area contributed by atoms with Crippen LogP contribution in [0.25, 0.3) is 32.4 Å². The lowest BCUT2D eigenvalue weighted by atomic mass is 9.74. The fraction of sp³-hybridized carbons (Fsp3) is 0.276. The Bertz CT molecular complexity index is 1590. The second-order valence-electron chi connectivity index (χ2n) is 9.75. The number of carbonyl (C=O) groups excluding carboxylic acids is 1. The molecule has 2 aromatic carbocycles. The number of hydrogen-bond acceptors (Lipinski definition) is 7. The highest BCUT2D eigenvalue weighted by atomic mass is 32.1. The number of aromatic nitrogens is 3. The molecule has 1 aliphatic rings. The van der Waals surface area contributed by atoms with Gasteiger partial charge in [-0.3, -0.25) is 9.69 Å². The van der Waals surface area contributed by atoms with E-state index in [9.17, 15) is 9.90 Å². The molecule has 3 unspecified atom stereocenters. The number of aliphatic hydroxyl groups is 1. The molecule has 5 N–H and O–H groups in total. The molecule has 4 heterocycles. The Morgan fingerprint density at radius 1 is 1.13 bits per heavy atom. The van der Waals surface area contributed by atoms with Crippen LogP contribution in [0.3, 0.4) is 0 Å². The SMILES string of the molecule is CCCN1C(CO)C(c2ccc(-c3ccc4nc[nH]c4c3)cc2)C1CNC(=O)c1sc2ncccc2c1N. The van der Waals surface area contributed by atoms with E-state index >= 15 is 0 Å². The van der Waals surface area contributed by atoms with Crippen LogP contribution in [0.5, 0.6) is 0 Å². The van der Waals surface area contributed by atoms with Crippen molar-refractivity contribution in [2.75, 3.05) is 25.4 Å². The Kier molecular flexibility index (Phi) is 6.57. The Morgan fingerprint density at radius 3 is 2.71 bits per heavy atom. The van der Waals surface area contributed by atoms with Gasteiger partial charge in [-0.1, -0.05) is 37.3 Å². The lowest BCUT2D eigenvalue weighted by molar-refractivity contribution is -0.0412. The number of H-pyrrole nitrogens is 1. The van der Waals surface area contributed by atoms with Gasteiger partial charge in [0.05, 0.1) is 29.7 Å². The molecule has 0 spiro atoms. The summed E-state index contributed by atoms with van der Waals surface area (Å²) < 4.78 is 0. The van der Waals surface area contributed by atoms with Gasteiger partial charge in [0, 0.05) is 36.1 Å². The van der Waals surface area contributed by atoms with E-state index in [0.717, 1.165) is 50.9 Å². The normalized spacial score (nSPS) is 19.6. The van der Waals surface area contributed by atoms with E-state index in [1.165, 1.54) is 11.3 Å². The maximum Gasteiger partial charge on any atom is 0.263 e. The van der Waals surface area contributed by atoms with Crippen LogP contribution in [0.4, 0.5) is 5.69 Å². The topological polar surface area (TPSA) is 120 Å². The minimum atomic E-state index is -0.183. The fourth-order valence-electron chi connectivity index (χ4n) is 5.72. The van der Waals surface area contributed by atoms with Crippen LogP contribution in [0, 0.1) is 0 Å². The number of anilines is 1. The highest BCUT2D eigenvalue weighted by molar-refractivity contribution is 7.21. The van der Waals surface area contributed by atoms with E-state index in [0.29, 0.717) is 17.1 Å². The first kappa shape index (κ1) is 24.5. The largest absolute Gasteiger partial charge is 0.397 e. The molecule has 3 aromatic heterocycles. The molecule has 38 heavy (non-hydrogen) atoms. The van der Waals surface area contributed by atoms with Gasteiger partial charge in [-0.15, -0.1) is 11.3 Å². The van der Waals surface area contributed by atoms with Crippen LogP contribution < -0.4 is 11.1 Å². The molecule has 194 valence electrons. The summed E-state index contributed by atoms with van der Waals surface area (Å²) in [6, 6.07) is 18.6. The maximum absolute atomic E-state index is 13.1. The lowest BCUT2D eigenvalue weighted by Gasteiger charge is -2.55. The van der Waals surface area contributed by atoms with Crippen LogP contribution in [0.2, 0.25) is 0 Å². The minimum Gasteiger partial charge on any atom is -0.397 e. The van der Waals surface area contributed by atoms with Gasteiger partial charge in [0.25, 0.3) is 5.91 Å². The number of imidazole rings is 1. The smallest absolute Gasteiger partial charge is 0.263 e. The third-order valence-electron chi connectivity index (χ3n) is 7.58. The van der Waals surface area contributed by atoms with Crippen molar-refractivity contribution in [3.8, 4) is 11.1 Å². The third kappa shape index (κ3) is 4.22. The van der Waals surface area contributed by atoms with E-state index in [2.05, 4.69) is 68.5 Å². The standard InChI is InChI=1S/C29H30N6O2S/c1-2-12-35-23(14-32-28(37)27-26(30)20-4-3-11-31-29(20)38-27)25(24(35)15-36)18-7-5-17(6-8-18)19-9-10-21-22(13-19)34-16-33-21/h3-11,13,16,23-25,36H,2,12,14-15,30H2,1H3,(H,32,37)(H,33,34). The maximum atomic E-state index is 13.1. The van der Waals surface area contributed by atoms with Gasteiger partial charge in [-0.05, 0) is 53.9 Å². The van der Waals surface area contributed by atoms with Gasteiger partial charge in [0.2, 0.25) is 0 Å². The van der Waals surface area contributed by atoms with Gasteiger partial charge in [0.15, 0.2) is 0 Å². The molecule has 1 amide bonds. The zero-order chi connectivity index (χ0) is 26.2. The van der Waals surface area contributed by atoms with Crippen molar-refractivity contribution in [2.45, 2.75) is 31.3 Å². The molecule has 5 aromatic rings. The number of aliphatic hydroxyl groups excluding tert-OH is 1. The third-order valence-corrected chi connectivity index (χ3v) is 8.71. The second kappa shape index (κ2) is 10.2. The number of benzene rings is 2. The molecule has 0 bridgehead atoms. The first-order valence-corrected chi connectivity index (χ1v) is 13.7. The van der Waals surface area contributed by atoms with E-state index < -0.39 is 0 Å². The Balaban J connectivity index is 1.22. The molecule has 1 saturated heterocycles. The molecule has 9 heteroatoms. The number of pyridine rings is 1. The molecular weight excluding hydrogens is 496 g/mol. The highest BCUT2D eigenvalue weighted by Gasteiger charge is 2.48. The van der Waals surface area contributed by atoms with E-state index in [4.69, 9.17) is 5.73 Å². The summed E-state index contributed by atoms with van der Waals surface area (Å²) in [6.07, 6.45) is 4.38. The van der Waals surface area contributed by atoms with Crippen molar-refractivity contribution in [2.24, 2.45) is 0 Å². The molecule has 1 fully saturated rings. The van der Waals surface area contributed by atoms with E-state index in [1.807, 2.05) is 18.2 Å². The summed E-state index contributed by atoms with van der Waals surface area (Å²) >= 11 is 1.32. The molecule has 6 rings (SSSR count). The predicted molar refractivity (Wildman–Crippen MR) is 152 cm³/mol. The van der Waals surface area contributed by atoms with Gasteiger partial charge < -0.3 is 21.1 Å². The number of thiophene rings is 1. The van der Waals surface area contributed by atoms with Crippen molar-refractivity contribution in [3.05, 3.63) is 77.6 Å². The van der Waals surface area contributed by atoms with Crippen LogP contribution in [0.15, 0.2) is 67.1 Å². The number of carbonyl (C=O) groups is 1. The van der Waals surface area contributed by atoms with Crippen molar-refractivity contribution in [1.82, 2.24) is 25.2 Å². The molecule has 0 aliphatic carbocycles. The van der Waals surface area contributed by atoms with E-state index in [1.54, 1.807) is 12.5 Å². The zero-order valence-corrected chi connectivity index (χ0v) is 21.9. The zero-order valence-electron chi connectivity index (χ0n) is 21.1. The molecule has 3 atom stereocenters. The van der Waals surface area contributed by atoms with E-state index in [-0.39, 0.29) is 30.5 Å². The van der Waals surface area contributed by atoms with Crippen molar-refractivity contribution in [1.29, 1.82) is 0 Å². The number of nitrogens with two attached hydrogens (primary N) is 1. The lowest BCUT2D eigenvalue weighted by Crippen LogP contribution is -2.66. The quantitative estimate of drug-likeness (QED) is 0.238. The number of hydrogen-bond donors (Lipinski definition) is 4. The Labute approximate surface area is 224 Å². The Morgan fingerprint density at radius 2 is 1.95 bits per heavy atom. The monoisotopic (exact) mass is 526 g/mol. The van der Waals surface area contributed by atoms with Crippen LogP contribution in [0.1, 0.15) is 34.5 Å². The summed E-state index contributed by atoms with van der Waals surface area (Å²) in [5.74, 6) is -0.0740. The second-order valence-corrected chi connectivity index (χ2v) is 10.7. The van der Waals surface area contributed by atoms with Gasteiger partial charge in [-0.25, -0.2) is 9.97 Å². The first-order valence-electron chi connectivity index (χ1n) is 12.9. The molecule has 8 nitrogen and oxygen atoms in total. The van der Waals surface area contributed by atoms with Crippen molar-refractivity contribution >= 4 is 44.2 Å². The predicted octanol–water partition coefficient (Wildman–Crippen LogP) is 4.39. The summed E-state index contributed by atoms with van der Waals surface area (Å²) in [6.45, 7) is 3.54. The number of amides is 1. The molecule has 1 aliphatic heterocycles. The summed E-state index contributed by atoms with van der Waals surface area (Å²) in [5, 5.41) is 14.2. The van der Waals surface area contributed by atoms with Crippen molar-refractivity contribution in [3.63, 3.8) is 0 Å². The van der Waals surface area contributed by atoms with Gasteiger partial charge in [0.1, 0.15) is 9.71 Å². The number of nitrogen functional groups attached to an aromatic ring is 1. The van der Waals surface area contributed by atoms with Gasteiger partial charge in [-0.2, -0.15) is 0 Å². The fourth-order valence-corrected chi connectivity index (χ4v) is 6.70.